The monoisotopic (exact) mass is 498 g/mol. The summed E-state index contributed by atoms with van der Waals surface area (Å²) in [6.07, 6.45) is 0.969. The van der Waals surface area contributed by atoms with E-state index < -0.39 is 12.3 Å². The number of hydrogen-bond donors (Lipinski definition) is 2. The van der Waals surface area contributed by atoms with Gasteiger partial charge in [-0.2, -0.15) is 0 Å². The van der Waals surface area contributed by atoms with Crippen molar-refractivity contribution in [3.05, 3.63) is 53.6 Å². The van der Waals surface area contributed by atoms with E-state index in [2.05, 4.69) is 5.32 Å². The van der Waals surface area contributed by atoms with Crippen LogP contribution in [0.2, 0.25) is 0 Å². The molecule has 1 saturated carbocycles. The number of amides is 2. The Bertz CT molecular complexity index is 1280. The lowest BCUT2D eigenvalue weighted by molar-refractivity contribution is -0.125. The third-order valence-corrected chi connectivity index (χ3v) is 7.03. The van der Waals surface area contributed by atoms with E-state index in [0.717, 1.165) is 31.2 Å². The van der Waals surface area contributed by atoms with Crippen LogP contribution in [0.4, 0.5) is 20.4 Å². The van der Waals surface area contributed by atoms with Crippen LogP contribution in [0.3, 0.4) is 0 Å². The molecule has 2 aliphatic rings. The fourth-order valence-electron chi connectivity index (χ4n) is 5.20. The lowest BCUT2D eigenvalue weighted by Gasteiger charge is -2.32. The van der Waals surface area contributed by atoms with Crippen molar-refractivity contribution in [3.8, 4) is 0 Å². The number of anilines is 2. The van der Waals surface area contributed by atoms with Gasteiger partial charge in [-0.1, -0.05) is 25.0 Å². The standard InChI is InChI=1S/C26H28F2N4O4/c27-24(28)16-5-3-6-17(12-16)25(35)30-26-29-20-13-19(31-10-11-36-15-23(31)34)8-9-22(20)32(26)21-7-2-1-4-18(21)14-33/h3,5-6,8-9,12-13,18,21,24,33H,1-2,4,7,10-11,14-15H2,(H,29,30,35)/t18-,21+/m1/s1. The quantitative estimate of drug-likeness (QED) is 0.528. The number of nitrogens with zero attached hydrogens (tertiary/aromatic N) is 3. The van der Waals surface area contributed by atoms with Crippen molar-refractivity contribution in [2.45, 2.75) is 38.2 Å². The van der Waals surface area contributed by atoms with Crippen LogP contribution in [-0.2, 0) is 9.53 Å². The normalized spacial score (nSPS) is 20.8. The molecule has 2 aromatic carbocycles. The second-order valence-electron chi connectivity index (χ2n) is 9.25. The summed E-state index contributed by atoms with van der Waals surface area (Å²) < 4.78 is 33.5. The van der Waals surface area contributed by atoms with Crippen molar-refractivity contribution >= 4 is 34.5 Å². The molecule has 3 aromatic rings. The van der Waals surface area contributed by atoms with Crippen molar-refractivity contribution in [1.29, 1.82) is 0 Å². The first-order valence-corrected chi connectivity index (χ1v) is 12.2. The predicted molar refractivity (Wildman–Crippen MR) is 130 cm³/mol. The van der Waals surface area contributed by atoms with Crippen LogP contribution in [0.5, 0.6) is 0 Å². The maximum atomic E-state index is 13.2. The number of aliphatic hydroxyl groups is 1. The molecule has 0 bridgehead atoms. The van der Waals surface area contributed by atoms with Gasteiger partial charge in [0.15, 0.2) is 0 Å². The molecule has 0 spiro atoms. The number of alkyl halides is 2. The highest BCUT2D eigenvalue weighted by molar-refractivity contribution is 6.04. The van der Waals surface area contributed by atoms with Gasteiger partial charge in [-0.15, -0.1) is 0 Å². The number of hydrogen-bond acceptors (Lipinski definition) is 5. The van der Waals surface area contributed by atoms with E-state index in [1.54, 1.807) is 11.0 Å². The maximum Gasteiger partial charge on any atom is 0.263 e. The topological polar surface area (TPSA) is 96.7 Å². The molecule has 1 aliphatic heterocycles. The summed E-state index contributed by atoms with van der Waals surface area (Å²) in [5.74, 6) is -0.406. The van der Waals surface area contributed by atoms with Crippen LogP contribution in [0.1, 0.15) is 54.1 Å². The average Bonchev–Trinajstić information content (AvgIpc) is 3.25. The van der Waals surface area contributed by atoms with Gasteiger partial charge in [0.25, 0.3) is 18.2 Å². The Balaban J connectivity index is 1.55. The van der Waals surface area contributed by atoms with Crippen LogP contribution < -0.4 is 10.2 Å². The van der Waals surface area contributed by atoms with Gasteiger partial charge in [0, 0.05) is 41.9 Å². The first kappa shape index (κ1) is 24.3. The van der Waals surface area contributed by atoms with Crippen molar-refractivity contribution in [1.82, 2.24) is 9.55 Å². The van der Waals surface area contributed by atoms with Crippen molar-refractivity contribution in [3.63, 3.8) is 0 Å². The van der Waals surface area contributed by atoms with Crippen LogP contribution in [0, 0.1) is 5.92 Å². The number of ether oxygens (including phenoxy) is 1. The molecule has 2 heterocycles. The maximum absolute atomic E-state index is 13.2. The van der Waals surface area contributed by atoms with E-state index in [4.69, 9.17) is 9.72 Å². The van der Waals surface area contributed by atoms with E-state index in [1.807, 2.05) is 16.7 Å². The minimum atomic E-state index is -2.68. The summed E-state index contributed by atoms with van der Waals surface area (Å²) in [6, 6.07) is 10.8. The van der Waals surface area contributed by atoms with Crippen LogP contribution in [0.15, 0.2) is 42.5 Å². The highest BCUT2D eigenvalue weighted by Gasteiger charge is 2.31. The third-order valence-electron chi connectivity index (χ3n) is 7.03. The van der Waals surface area contributed by atoms with E-state index in [0.29, 0.717) is 24.4 Å². The SMILES string of the molecule is O=C(Nc1nc2cc(N3CCOCC3=O)ccc2n1[C@H]1CCCC[C@@H]1CO)c1cccc(C(F)F)c1. The number of carbonyl (C=O) groups is 2. The van der Waals surface area contributed by atoms with E-state index >= 15 is 0 Å². The van der Waals surface area contributed by atoms with Crippen LogP contribution in [0.25, 0.3) is 11.0 Å². The first-order valence-electron chi connectivity index (χ1n) is 12.2. The number of nitrogens with one attached hydrogen (secondary N) is 1. The average molecular weight is 499 g/mol. The molecule has 190 valence electrons. The molecule has 10 heteroatoms. The van der Waals surface area contributed by atoms with Crippen molar-refractivity contribution in [2.24, 2.45) is 5.92 Å². The first-order chi connectivity index (χ1) is 17.5. The second kappa shape index (κ2) is 10.3. The molecule has 2 N–H and O–H groups in total. The number of carbonyl (C=O) groups excluding carboxylic acids is 2. The van der Waals surface area contributed by atoms with E-state index in [-0.39, 0.29) is 48.2 Å². The number of halogens is 2. The molecular formula is C26H28F2N4O4. The highest BCUT2D eigenvalue weighted by Crippen LogP contribution is 2.39. The lowest BCUT2D eigenvalue weighted by atomic mass is 9.84. The van der Waals surface area contributed by atoms with E-state index in [9.17, 15) is 23.5 Å². The number of aromatic nitrogens is 2. The number of fused-ring (bicyclic) bond motifs is 1. The highest BCUT2D eigenvalue weighted by atomic mass is 19.3. The summed E-state index contributed by atoms with van der Waals surface area (Å²) in [6.45, 7) is 0.905. The Morgan fingerprint density at radius 3 is 2.81 bits per heavy atom. The molecule has 1 aliphatic carbocycles. The number of benzene rings is 2. The molecule has 8 nitrogen and oxygen atoms in total. The van der Waals surface area contributed by atoms with Crippen LogP contribution in [-0.4, -0.2) is 52.8 Å². The van der Waals surface area contributed by atoms with Crippen molar-refractivity contribution in [2.75, 3.05) is 36.6 Å². The summed E-state index contributed by atoms with van der Waals surface area (Å²) in [5.41, 5.74) is 1.91. The molecular weight excluding hydrogens is 470 g/mol. The molecule has 2 amide bonds. The molecule has 2 atom stereocenters. The second-order valence-corrected chi connectivity index (χ2v) is 9.25. The Morgan fingerprint density at radius 2 is 2.03 bits per heavy atom. The Morgan fingerprint density at radius 1 is 1.19 bits per heavy atom. The zero-order valence-corrected chi connectivity index (χ0v) is 19.7. The van der Waals surface area contributed by atoms with Gasteiger partial charge >= 0.3 is 0 Å². The van der Waals surface area contributed by atoms with Gasteiger partial charge in [-0.25, -0.2) is 13.8 Å². The summed E-state index contributed by atoms with van der Waals surface area (Å²) >= 11 is 0. The van der Waals surface area contributed by atoms with Gasteiger partial charge in [-0.05, 0) is 43.2 Å². The van der Waals surface area contributed by atoms with Gasteiger partial charge in [0.2, 0.25) is 5.95 Å². The fourth-order valence-corrected chi connectivity index (χ4v) is 5.20. The van der Waals surface area contributed by atoms with Gasteiger partial charge in [-0.3, -0.25) is 14.9 Å². The van der Waals surface area contributed by atoms with Crippen molar-refractivity contribution < 1.29 is 28.2 Å². The summed E-state index contributed by atoms with van der Waals surface area (Å²) in [7, 11) is 0. The largest absolute Gasteiger partial charge is 0.396 e. The minimum Gasteiger partial charge on any atom is -0.396 e. The molecule has 5 rings (SSSR count). The lowest BCUT2D eigenvalue weighted by Crippen LogP contribution is -2.41. The number of rotatable bonds is 6. The Kier molecular flexibility index (Phi) is 6.97. The number of imidazole rings is 1. The van der Waals surface area contributed by atoms with E-state index in [1.165, 1.54) is 24.3 Å². The molecule has 36 heavy (non-hydrogen) atoms. The van der Waals surface area contributed by atoms with Crippen LogP contribution >= 0.6 is 0 Å². The number of aliphatic hydroxyl groups excluding tert-OH is 1. The van der Waals surface area contributed by atoms with Gasteiger partial charge < -0.3 is 19.3 Å². The predicted octanol–water partition coefficient (Wildman–Crippen LogP) is 4.31. The zero-order chi connectivity index (χ0) is 25.2. The summed E-state index contributed by atoms with van der Waals surface area (Å²) in [5, 5.41) is 12.9. The summed E-state index contributed by atoms with van der Waals surface area (Å²) in [4.78, 5) is 31.8. The smallest absolute Gasteiger partial charge is 0.263 e. The minimum absolute atomic E-state index is 0.00513. The number of morpholine rings is 1. The zero-order valence-electron chi connectivity index (χ0n) is 19.7. The van der Waals surface area contributed by atoms with Gasteiger partial charge in [0.1, 0.15) is 6.61 Å². The van der Waals surface area contributed by atoms with Gasteiger partial charge in [0.05, 0.1) is 17.6 Å². The molecule has 2 fully saturated rings. The molecule has 1 saturated heterocycles. The molecule has 0 unspecified atom stereocenters. The fraction of sp³-hybridized carbons (Fsp3) is 0.423. The Labute approximate surface area is 206 Å². The molecule has 0 radical (unpaired) electrons. The Hall–Kier alpha value is -3.37. The molecule has 1 aromatic heterocycles. The third kappa shape index (κ3) is 4.70.